The van der Waals surface area contributed by atoms with E-state index in [2.05, 4.69) is 16.0 Å². The molecule has 0 saturated heterocycles. The normalized spacial score (nSPS) is 15.7. The van der Waals surface area contributed by atoms with Gasteiger partial charge in [0.1, 0.15) is 17.5 Å². The van der Waals surface area contributed by atoms with Crippen molar-refractivity contribution in [3.63, 3.8) is 0 Å². The van der Waals surface area contributed by atoms with Gasteiger partial charge in [0.15, 0.2) is 11.6 Å². The van der Waals surface area contributed by atoms with Crippen LogP contribution in [-0.4, -0.2) is 40.5 Å². The average molecular weight is 630 g/mol. The molecule has 6 aromatic rings. The molecule has 2 aliphatic carbocycles. The van der Waals surface area contributed by atoms with Crippen LogP contribution in [0, 0.1) is 0 Å². The summed E-state index contributed by atoms with van der Waals surface area (Å²) in [6, 6.07) is 22.7. The molecule has 1 aliphatic heterocycles. The van der Waals surface area contributed by atoms with Crippen LogP contribution in [0.25, 0.3) is 38.0 Å². The second-order valence-electron chi connectivity index (χ2n) is 12.1. The number of carbonyl (C=O) groups excluding carboxylic acids is 4. The Bertz CT molecular complexity index is 2570. The third-order valence-electron chi connectivity index (χ3n) is 9.43. The number of rotatable bonds is 4. The number of ether oxygens (including phenoxy) is 1. The zero-order valence-corrected chi connectivity index (χ0v) is 25.4. The van der Waals surface area contributed by atoms with Crippen molar-refractivity contribution in [2.45, 2.75) is 12.3 Å². The number of allylic oxidation sites excluding steroid dienone is 4. The molecule has 2 amide bonds. The zero-order valence-electron chi connectivity index (χ0n) is 25.4. The van der Waals surface area contributed by atoms with Crippen molar-refractivity contribution in [2.24, 2.45) is 0 Å². The van der Waals surface area contributed by atoms with Crippen LogP contribution in [0.1, 0.15) is 65.2 Å². The summed E-state index contributed by atoms with van der Waals surface area (Å²) in [5.41, 5.74) is 2.89. The SMILES string of the molecule is COc1cc(C2=CCC=C2)ccc1N1C(=O)c2cc3cc4c(cc3cc2C1=O)C(=O)C(c1nc2cc3ccccc3cc2c(=O)[nH]1)C4=O. The highest BCUT2D eigenvalue weighted by molar-refractivity contribution is 6.36. The Balaban J connectivity index is 1.09. The van der Waals surface area contributed by atoms with Crippen molar-refractivity contribution in [1.82, 2.24) is 9.97 Å². The summed E-state index contributed by atoms with van der Waals surface area (Å²) >= 11 is 0. The Morgan fingerprint density at radius 2 is 1.40 bits per heavy atom. The molecule has 1 N–H and O–H groups in total. The number of carbonyl (C=O) groups is 4. The molecule has 0 atom stereocenters. The van der Waals surface area contributed by atoms with E-state index in [1.165, 1.54) is 7.11 Å². The molecule has 9 rings (SSSR count). The first-order valence-corrected chi connectivity index (χ1v) is 15.4. The van der Waals surface area contributed by atoms with Gasteiger partial charge in [0.2, 0.25) is 0 Å². The number of nitrogens with zero attached hydrogens (tertiary/aromatic N) is 2. The van der Waals surface area contributed by atoms with Crippen LogP contribution in [0.15, 0.2) is 102 Å². The Morgan fingerprint density at radius 1 is 0.750 bits per heavy atom. The number of hydrogen-bond acceptors (Lipinski definition) is 7. The highest BCUT2D eigenvalue weighted by Crippen LogP contribution is 2.40. The van der Waals surface area contributed by atoms with E-state index >= 15 is 0 Å². The molecular weight excluding hydrogens is 606 g/mol. The summed E-state index contributed by atoms with van der Waals surface area (Å²) < 4.78 is 5.60. The number of Topliss-reactive ketones (excluding diaryl/α,β-unsaturated/α-hetero) is 2. The first-order chi connectivity index (χ1) is 23.3. The molecule has 3 aliphatic rings. The summed E-state index contributed by atoms with van der Waals surface area (Å²) in [4.78, 5) is 76.4. The minimum atomic E-state index is -1.32. The van der Waals surface area contributed by atoms with Crippen LogP contribution >= 0.6 is 0 Å². The lowest BCUT2D eigenvalue weighted by Gasteiger charge is -2.18. The largest absolute Gasteiger partial charge is 0.495 e. The third-order valence-corrected chi connectivity index (χ3v) is 9.43. The van der Waals surface area contributed by atoms with Gasteiger partial charge in [-0.1, -0.05) is 48.6 Å². The van der Waals surface area contributed by atoms with Gasteiger partial charge in [-0.3, -0.25) is 24.0 Å². The topological polar surface area (TPSA) is 126 Å². The molecule has 9 nitrogen and oxygen atoms in total. The van der Waals surface area contributed by atoms with Crippen molar-refractivity contribution in [1.29, 1.82) is 0 Å². The second kappa shape index (κ2) is 10.0. The number of anilines is 1. The van der Waals surface area contributed by atoms with Crippen LogP contribution < -0.4 is 15.2 Å². The predicted molar refractivity (Wildman–Crippen MR) is 181 cm³/mol. The van der Waals surface area contributed by atoms with Crippen molar-refractivity contribution in [2.75, 3.05) is 12.0 Å². The minimum Gasteiger partial charge on any atom is -0.495 e. The first-order valence-electron chi connectivity index (χ1n) is 15.4. The Hall–Kier alpha value is -6.48. The maximum Gasteiger partial charge on any atom is 0.266 e. The monoisotopic (exact) mass is 629 g/mol. The fourth-order valence-electron chi connectivity index (χ4n) is 7.04. The molecular formula is C39H23N3O6. The lowest BCUT2D eigenvalue weighted by atomic mass is 9.98. The van der Waals surface area contributed by atoms with E-state index < -0.39 is 34.9 Å². The highest BCUT2D eigenvalue weighted by Gasteiger charge is 2.43. The maximum atomic E-state index is 13.8. The summed E-state index contributed by atoms with van der Waals surface area (Å²) in [5, 5.41) is 3.14. The number of benzene rings is 5. The quantitative estimate of drug-likeness (QED) is 0.133. The lowest BCUT2D eigenvalue weighted by molar-refractivity contribution is 0.0880. The molecule has 0 fully saturated rings. The van der Waals surface area contributed by atoms with Crippen molar-refractivity contribution < 1.29 is 23.9 Å². The van der Waals surface area contributed by atoms with Gasteiger partial charge in [0.25, 0.3) is 17.4 Å². The maximum absolute atomic E-state index is 13.8. The fraction of sp³-hybridized carbons (Fsp3) is 0.0769. The molecule has 230 valence electrons. The van der Waals surface area contributed by atoms with E-state index in [0.29, 0.717) is 33.1 Å². The molecule has 0 unspecified atom stereocenters. The molecule has 9 heteroatoms. The number of hydrogen-bond donors (Lipinski definition) is 1. The first kappa shape index (κ1) is 27.8. The van der Waals surface area contributed by atoms with Gasteiger partial charge in [0, 0.05) is 11.1 Å². The van der Waals surface area contributed by atoms with E-state index in [1.54, 1.807) is 48.5 Å². The number of aromatic amines is 1. The Kier molecular flexibility index (Phi) is 5.80. The van der Waals surface area contributed by atoms with E-state index in [9.17, 15) is 24.0 Å². The lowest BCUT2D eigenvalue weighted by Crippen LogP contribution is -2.29. The Labute approximate surface area is 271 Å². The third kappa shape index (κ3) is 3.91. The summed E-state index contributed by atoms with van der Waals surface area (Å²) in [7, 11) is 1.49. The van der Waals surface area contributed by atoms with E-state index in [1.807, 2.05) is 42.5 Å². The smallest absolute Gasteiger partial charge is 0.266 e. The Morgan fingerprint density at radius 3 is 2.02 bits per heavy atom. The zero-order chi connectivity index (χ0) is 32.8. The minimum absolute atomic E-state index is 0.0262. The van der Waals surface area contributed by atoms with E-state index in [-0.39, 0.29) is 28.1 Å². The molecule has 5 aromatic carbocycles. The molecule has 48 heavy (non-hydrogen) atoms. The number of ketones is 2. The van der Waals surface area contributed by atoms with Gasteiger partial charge in [-0.15, -0.1) is 0 Å². The van der Waals surface area contributed by atoms with Gasteiger partial charge < -0.3 is 9.72 Å². The van der Waals surface area contributed by atoms with Crippen LogP contribution in [0.3, 0.4) is 0 Å². The number of H-pyrrole nitrogens is 1. The standard InChI is InChI=1S/C39H23N3O6/c1-48-32-18-22(19-6-2-3-7-19)10-11-31(32)42-38(46)27-15-23-13-25-26(14-24(23)16-28(27)39(42)47)35(44)33(34(25)43)36-40-30-17-21-9-5-4-8-20(21)12-29(30)37(45)41-36/h2,4-18,33H,3H2,1H3,(H,40,41,45). The molecule has 1 aromatic heterocycles. The van der Waals surface area contributed by atoms with Gasteiger partial charge in [-0.05, 0) is 87.6 Å². The number of fused-ring (bicyclic) bond motifs is 5. The molecule has 0 saturated carbocycles. The summed E-state index contributed by atoms with van der Waals surface area (Å²) in [6.45, 7) is 0. The van der Waals surface area contributed by atoms with Crippen molar-refractivity contribution >= 4 is 67.1 Å². The second-order valence-corrected chi connectivity index (χ2v) is 12.1. The number of amides is 2. The number of imide groups is 1. The fourth-order valence-corrected chi connectivity index (χ4v) is 7.04. The predicted octanol–water partition coefficient (Wildman–Crippen LogP) is 6.54. The molecule has 0 bridgehead atoms. The van der Waals surface area contributed by atoms with Gasteiger partial charge in [-0.25, -0.2) is 9.88 Å². The number of methoxy groups -OCH3 is 1. The molecule has 2 heterocycles. The van der Waals surface area contributed by atoms with E-state index in [0.717, 1.165) is 33.2 Å². The average Bonchev–Trinajstić information content (AvgIpc) is 3.78. The number of aromatic nitrogens is 2. The van der Waals surface area contributed by atoms with Crippen molar-refractivity contribution in [3.8, 4) is 5.75 Å². The van der Waals surface area contributed by atoms with E-state index in [4.69, 9.17) is 4.74 Å². The number of nitrogens with one attached hydrogen (secondary N) is 1. The summed E-state index contributed by atoms with van der Waals surface area (Å²) in [6.07, 6.45) is 6.97. The van der Waals surface area contributed by atoms with Crippen LogP contribution in [0.5, 0.6) is 5.75 Å². The van der Waals surface area contributed by atoms with Crippen LogP contribution in [-0.2, 0) is 0 Å². The van der Waals surface area contributed by atoms with Gasteiger partial charge in [0.05, 0.1) is 34.8 Å². The van der Waals surface area contributed by atoms with Gasteiger partial charge in [-0.2, -0.15) is 0 Å². The van der Waals surface area contributed by atoms with Crippen molar-refractivity contribution in [3.05, 3.63) is 141 Å². The molecule has 0 radical (unpaired) electrons. The van der Waals surface area contributed by atoms with Gasteiger partial charge >= 0.3 is 0 Å². The molecule has 0 spiro atoms. The summed E-state index contributed by atoms with van der Waals surface area (Å²) in [5.74, 6) is -3.01. The van der Waals surface area contributed by atoms with Crippen LogP contribution in [0.4, 0.5) is 5.69 Å². The highest BCUT2D eigenvalue weighted by atomic mass is 16.5. The van der Waals surface area contributed by atoms with Crippen LogP contribution in [0.2, 0.25) is 0 Å².